The van der Waals surface area contributed by atoms with E-state index in [9.17, 15) is 9.59 Å². The van der Waals surface area contributed by atoms with Crippen LogP contribution >= 0.6 is 11.3 Å². The minimum atomic E-state index is -0.692. The van der Waals surface area contributed by atoms with Crippen LogP contribution in [0.1, 0.15) is 49.0 Å². The smallest absolute Gasteiger partial charge is 0.336 e. The minimum Gasteiger partial charge on any atom is -0.496 e. The second-order valence-corrected chi connectivity index (χ2v) is 9.79. The number of hydrogen-bond donors (Lipinski definition) is 1. The molecule has 0 radical (unpaired) electrons. The van der Waals surface area contributed by atoms with E-state index < -0.39 is 11.9 Å². The fourth-order valence-corrected chi connectivity index (χ4v) is 5.87. The molecule has 2 heterocycles. The van der Waals surface area contributed by atoms with Crippen LogP contribution in [-0.4, -0.2) is 52.9 Å². The topological polar surface area (TPSA) is 92.3 Å². The van der Waals surface area contributed by atoms with E-state index in [1.165, 1.54) is 4.88 Å². The molecule has 0 unspecified atom stereocenters. The highest BCUT2D eigenvalue weighted by Crippen LogP contribution is 2.50. The molecular weight excluding hydrogens is 494 g/mol. The summed E-state index contributed by atoms with van der Waals surface area (Å²) in [4.78, 5) is 28.4. The van der Waals surface area contributed by atoms with Gasteiger partial charge in [-0.2, -0.15) is 0 Å². The summed E-state index contributed by atoms with van der Waals surface area (Å²) in [7, 11) is 4.64. The first-order valence-electron chi connectivity index (χ1n) is 12.3. The van der Waals surface area contributed by atoms with Gasteiger partial charge in [0, 0.05) is 52.4 Å². The number of benzene rings is 1. The molecule has 198 valence electrons. The summed E-state index contributed by atoms with van der Waals surface area (Å²) >= 11 is 1.65. The second kappa shape index (κ2) is 11.8. The standard InChI is InChI=1S/C28H33NO7S/c1-6-35-9-10-36-28(31)25-16(2)29-19-12-17(24-8-7-11-37-24)13-20(30)27(19)26(25)18-14-22(33-4)23(34-5)15-21(18)32-3/h7-8,11,14-15,17,26,29H,6,9-10,12-13H2,1-5H3/t17-,26+/m1/s1. The predicted octanol–water partition coefficient (Wildman–Crippen LogP) is 4.72. The fourth-order valence-electron chi connectivity index (χ4n) is 5.04. The largest absolute Gasteiger partial charge is 0.496 e. The summed E-state index contributed by atoms with van der Waals surface area (Å²) in [6, 6.07) is 7.56. The van der Waals surface area contributed by atoms with Crippen molar-refractivity contribution in [2.75, 3.05) is 41.2 Å². The van der Waals surface area contributed by atoms with Crippen molar-refractivity contribution in [3.63, 3.8) is 0 Å². The molecule has 1 aliphatic carbocycles. The maximum Gasteiger partial charge on any atom is 0.336 e. The Labute approximate surface area is 221 Å². The Morgan fingerprint density at radius 2 is 1.78 bits per heavy atom. The van der Waals surface area contributed by atoms with E-state index >= 15 is 0 Å². The highest BCUT2D eigenvalue weighted by Gasteiger charge is 2.43. The van der Waals surface area contributed by atoms with E-state index in [4.69, 9.17) is 23.7 Å². The highest BCUT2D eigenvalue weighted by molar-refractivity contribution is 7.10. The van der Waals surface area contributed by atoms with Gasteiger partial charge in [-0.15, -0.1) is 11.3 Å². The van der Waals surface area contributed by atoms with Gasteiger partial charge in [-0.3, -0.25) is 4.79 Å². The molecule has 1 aromatic heterocycles. The zero-order valence-corrected chi connectivity index (χ0v) is 22.7. The van der Waals surface area contributed by atoms with Gasteiger partial charge in [0.2, 0.25) is 0 Å². The van der Waals surface area contributed by atoms with Crippen molar-refractivity contribution in [3.05, 3.63) is 62.6 Å². The maximum absolute atomic E-state index is 13.8. The van der Waals surface area contributed by atoms with Crippen molar-refractivity contribution >= 4 is 23.1 Å². The van der Waals surface area contributed by atoms with E-state index in [1.807, 2.05) is 25.3 Å². The molecule has 0 saturated heterocycles. The van der Waals surface area contributed by atoms with Gasteiger partial charge in [-0.1, -0.05) is 6.07 Å². The molecule has 2 aromatic rings. The summed E-state index contributed by atoms with van der Waals surface area (Å²) in [5.74, 6) is 0.312. The zero-order chi connectivity index (χ0) is 26.5. The molecule has 37 heavy (non-hydrogen) atoms. The number of methoxy groups -OCH3 is 3. The van der Waals surface area contributed by atoms with Gasteiger partial charge in [0.05, 0.1) is 39.4 Å². The van der Waals surface area contributed by atoms with Crippen molar-refractivity contribution in [3.8, 4) is 17.2 Å². The number of allylic oxidation sites excluding steroid dienone is 3. The van der Waals surface area contributed by atoms with Crippen LogP contribution in [-0.2, 0) is 19.1 Å². The van der Waals surface area contributed by atoms with E-state index in [0.29, 0.717) is 65.7 Å². The number of ether oxygens (including phenoxy) is 5. The molecule has 0 bridgehead atoms. The van der Waals surface area contributed by atoms with Gasteiger partial charge < -0.3 is 29.0 Å². The Morgan fingerprint density at radius 1 is 1.05 bits per heavy atom. The third-order valence-electron chi connectivity index (χ3n) is 6.70. The monoisotopic (exact) mass is 527 g/mol. The van der Waals surface area contributed by atoms with Crippen LogP contribution in [0, 0.1) is 0 Å². The summed E-state index contributed by atoms with van der Waals surface area (Å²) in [6.45, 7) is 4.65. The van der Waals surface area contributed by atoms with E-state index in [0.717, 1.165) is 5.70 Å². The first-order valence-corrected chi connectivity index (χ1v) is 13.1. The molecule has 2 aliphatic rings. The van der Waals surface area contributed by atoms with Gasteiger partial charge in [-0.05, 0) is 37.8 Å². The van der Waals surface area contributed by atoms with E-state index in [1.54, 1.807) is 44.8 Å². The number of ketones is 1. The number of carbonyl (C=O) groups is 2. The Kier molecular flexibility index (Phi) is 8.56. The first-order chi connectivity index (χ1) is 17.9. The van der Waals surface area contributed by atoms with Gasteiger partial charge >= 0.3 is 5.97 Å². The van der Waals surface area contributed by atoms with Gasteiger partial charge in [0.1, 0.15) is 12.4 Å². The van der Waals surface area contributed by atoms with Gasteiger partial charge in [0.25, 0.3) is 0 Å². The molecule has 1 aliphatic heterocycles. The average molecular weight is 528 g/mol. The van der Waals surface area contributed by atoms with Crippen molar-refractivity contribution in [2.45, 2.75) is 38.5 Å². The molecule has 2 atom stereocenters. The molecule has 9 heteroatoms. The van der Waals surface area contributed by atoms with Crippen LogP contribution in [0.25, 0.3) is 0 Å². The first kappa shape index (κ1) is 26.8. The van der Waals surface area contributed by atoms with Gasteiger partial charge in [-0.25, -0.2) is 4.79 Å². The molecule has 0 saturated carbocycles. The number of rotatable bonds is 10. The number of dihydropyridines is 1. The number of nitrogens with one attached hydrogen (secondary N) is 1. The molecule has 4 rings (SSSR count). The van der Waals surface area contributed by atoms with Crippen molar-refractivity contribution < 1.29 is 33.3 Å². The van der Waals surface area contributed by atoms with Crippen LogP contribution in [0.3, 0.4) is 0 Å². The Bertz CT molecular complexity index is 1220. The predicted molar refractivity (Wildman–Crippen MR) is 140 cm³/mol. The molecule has 0 spiro atoms. The fraction of sp³-hybridized carbons (Fsp3) is 0.429. The lowest BCUT2D eigenvalue weighted by molar-refractivity contribution is -0.140. The van der Waals surface area contributed by atoms with Crippen LogP contribution in [0.15, 0.2) is 52.2 Å². The van der Waals surface area contributed by atoms with Crippen molar-refractivity contribution in [1.29, 1.82) is 0 Å². The number of carbonyl (C=O) groups excluding carboxylic acids is 2. The summed E-state index contributed by atoms with van der Waals surface area (Å²) in [6.07, 6.45) is 1.02. The lowest BCUT2D eigenvalue weighted by Gasteiger charge is -2.37. The van der Waals surface area contributed by atoms with Crippen molar-refractivity contribution in [1.82, 2.24) is 5.32 Å². The summed E-state index contributed by atoms with van der Waals surface area (Å²) in [5.41, 5.74) is 3.01. The van der Waals surface area contributed by atoms with Gasteiger partial charge in [0.15, 0.2) is 17.3 Å². The third kappa shape index (κ3) is 5.38. The normalized spacial score (nSPS) is 19.3. The molecular formula is C28H33NO7S. The molecule has 8 nitrogen and oxygen atoms in total. The molecule has 0 fully saturated rings. The Hall–Kier alpha value is -3.30. The van der Waals surface area contributed by atoms with Crippen LogP contribution < -0.4 is 19.5 Å². The molecule has 1 N–H and O–H groups in total. The lowest BCUT2D eigenvalue weighted by atomic mass is 9.72. The number of thiophene rings is 1. The number of Topliss-reactive ketones (excluding diaryl/α,β-unsaturated/α-hetero) is 1. The molecule has 0 amide bonds. The lowest BCUT2D eigenvalue weighted by Crippen LogP contribution is -2.36. The Morgan fingerprint density at radius 3 is 2.43 bits per heavy atom. The summed E-state index contributed by atoms with van der Waals surface area (Å²) < 4.78 is 27.7. The average Bonchev–Trinajstić information content (AvgIpc) is 3.44. The van der Waals surface area contributed by atoms with Crippen LogP contribution in [0.4, 0.5) is 0 Å². The Balaban J connectivity index is 1.83. The third-order valence-corrected chi connectivity index (χ3v) is 7.74. The number of esters is 1. The van der Waals surface area contributed by atoms with E-state index in [-0.39, 0.29) is 18.3 Å². The minimum absolute atomic E-state index is 0.0129. The summed E-state index contributed by atoms with van der Waals surface area (Å²) in [5, 5.41) is 5.40. The zero-order valence-electron chi connectivity index (χ0n) is 21.8. The molecule has 1 aromatic carbocycles. The number of hydrogen-bond acceptors (Lipinski definition) is 9. The highest BCUT2D eigenvalue weighted by atomic mass is 32.1. The van der Waals surface area contributed by atoms with Crippen molar-refractivity contribution in [2.24, 2.45) is 0 Å². The quantitative estimate of drug-likeness (QED) is 0.351. The SMILES string of the molecule is CCOCCOC(=O)C1=C(C)NC2=C(C(=O)C[C@H](c3cccs3)C2)[C@H]1c1cc(OC)c(OC)cc1OC. The van der Waals surface area contributed by atoms with Crippen LogP contribution in [0.2, 0.25) is 0 Å². The maximum atomic E-state index is 13.8. The van der Waals surface area contributed by atoms with E-state index in [2.05, 4.69) is 11.4 Å². The second-order valence-electron chi connectivity index (χ2n) is 8.81. The van der Waals surface area contributed by atoms with Crippen LogP contribution in [0.5, 0.6) is 17.2 Å².